The fraction of sp³-hybridized carbons (Fsp3) is 0.500. The van der Waals surface area contributed by atoms with Crippen molar-refractivity contribution in [3.05, 3.63) is 26.6 Å². The number of aliphatic carboxylic acids is 1. The number of fused-ring (bicyclic) bond motifs is 1. The summed E-state index contributed by atoms with van der Waals surface area (Å²) in [6.07, 6.45) is 0.0807. The van der Waals surface area contributed by atoms with Gasteiger partial charge in [0.25, 0.3) is 5.56 Å². The van der Waals surface area contributed by atoms with Gasteiger partial charge in [-0.05, 0) is 39.7 Å². The van der Waals surface area contributed by atoms with Gasteiger partial charge in [-0.25, -0.2) is 9.78 Å². The van der Waals surface area contributed by atoms with Crippen molar-refractivity contribution in [2.24, 2.45) is 0 Å². The minimum absolute atomic E-state index is 0.0154. The summed E-state index contributed by atoms with van der Waals surface area (Å²) in [4.78, 5) is 40.8. The molecule has 0 saturated carbocycles. The number of hydrogen-bond donors (Lipinski definition) is 1. The van der Waals surface area contributed by atoms with Crippen molar-refractivity contribution < 1.29 is 19.4 Å². The molecule has 0 unspecified atom stereocenters. The summed E-state index contributed by atoms with van der Waals surface area (Å²) in [6, 6.07) is 0. The number of esters is 1. The molecule has 130 valence electrons. The highest BCUT2D eigenvalue weighted by Crippen LogP contribution is 2.28. The molecule has 0 saturated heterocycles. The summed E-state index contributed by atoms with van der Waals surface area (Å²) in [5.74, 6) is -0.858. The first-order valence-electron chi connectivity index (χ1n) is 7.65. The highest BCUT2D eigenvalue weighted by atomic mass is 32.1. The topological polar surface area (TPSA) is 98.5 Å². The number of thiophene rings is 1. The lowest BCUT2D eigenvalue weighted by molar-refractivity contribution is -0.137. The highest BCUT2D eigenvalue weighted by Gasteiger charge is 2.22. The number of hydrogen-bond acceptors (Lipinski definition) is 6. The minimum atomic E-state index is -0.903. The van der Waals surface area contributed by atoms with Crippen molar-refractivity contribution in [1.29, 1.82) is 0 Å². The first-order valence-corrected chi connectivity index (χ1v) is 8.47. The summed E-state index contributed by atoms with van der Waals surface area (Å²) in [5, 5.41) is 9.13. The molecule has 0 radical (unpaired) electrons. The van der Waals surface area contributed by atoms with Crippen LogP contribution in [0.1, 0.15) is 47.7 Å². The van der Waals surface area contributed by atoms with Crippen LogP contribution in [0.25, 0.3) is 10.2 Å². The molecule has 0 aromatic carbocycles. The van der Waals surface area contributed by atoms with Gasteiger partial charge < -0.3 is 9.84 Å². The Morgan fingerprint density at radius 1 is 1.33 bits per heavy atom. The van der Waals surface area contributed by atoms with Crippen LogP contribution in [0.15, 0.2) is 4.79 Å². The monoisotopic (exact) mass is 352 g/mol. The van der Waals surface area contributed by atoms with Crippen LogP contribution in [0.4, 0.5) is 0 Å². The molecule has 0 aliphatic carbocycles. The van der Waals surface area contributed by atoms with Gasteiger partial charge in [0.05, 0.1) is 11.5 Å². The van der Waals surface area contributed by atoms with Gasteiger partial charge >= 0.3 is 11.9 Å². The van der Waals surface area contributed by atoms with Gasteiger partial charge in [-0.2, -0.15) is 0 Å². The standard InChI is InChI=1S/C16H20N2O5S/c1-8(2)23-16(22)13-9(3)12-14(24-13)17-10(4)18(15(12)21)7-5-6-11(19)20/h8H,5-7H2,1-4H3,(H,19,20). The predicted molar refractivity (Wildman–Crippen MR) is 90.8 cm³/mol. The van der Waals surface area contributed by atoms with Crippen LogP contribution in [0, 0.1) is 13.8 Å². The lowest BCUT2D eigenvalue weighted by atomic mass is 10.2. The Morgan fingerprint density at radius 3 is 2.58 bits per heavy atom. The van der Waals surface area contributed by atoms with E-state index >= 15 is 0 Å². The van der Waals surface area contributed by atoms with Gasteiger partial charge in [0.2, 0.25) is 0 Å². The third kappa shape index (κ3) is 3.64. The summed E-state index contributed by atoms with van der Waals surface area (Å²) in [5.41, 5.74) is 0.311. The van der Waals surface area contributed by atoms with Gasteiger partial charge in [0.15, 0.2) is 0 Å². The van der Waals surface area contributed by atoms with Crippen LogP contribution < -0.4 is 5.56 Å². The van der Waals surface area contributed by atoms with E-state index in [9.17, 15) is 14.4 Å². The number of carboxylic acid groups (broad SMARTS) is 1. The molecule has 0 aliphatic rings. The van der Waals surface area contributed by atoms with E-state index < -0.39 is 11.9 Å². The van der Waals surface area contributed by atoms with Gasteiger partial charge in [0, 0.05) is 13.0 Å². The van der Waals surface area contributed by atoms with E-state index in [4.69, 9.17) is 9.84 Å². The first-order chi connectivity index (χ1) is 11.2. The maximum Gasteiger partial charge on any atom is 0.348 e. The van der Waals surface area contributed by atoms with Crippen molar-refractivity contribution in [2.75, 3.05) is 0 Å². The average Bonchev–Trinajstić information content (AvgIpc) is 2.78. The van der Waals surface area contributed by atoms with Crippen molar-refractivity contribution in [3.63, 3.8) is 0 Å². The lowest BCUT2D eigenvalue weighted by Crippen LogP contribution is -2.24. The number of rotatable bonds is 6. The molecule has 0 fully saturated rings. The molecule has 0 aliphatic heterocycles. The Morgan fingerprint density at radius 2 is 2.00 bits per heavy atom. The number of aryl methyl sites for hydroxylation is 2. The second-order valence-corrected chi connectivity index (χ2v) is 6.80. The van der Waals surface area contributed by atoms with E-state index in [0.717, 1.165) is 11.3 Å². The summed E-state index contributed by atoms with van der Waals surface area (Å²) in [7, 11) is 0. The van der Waals surface area contributed by atoms with E-state index in [1.165, 1.54) is 4.57 Å². The Bertz CT molecular complexity index is 850. The Hall–Kier alpha value is -2.22. The van der Waals surface area contributed by atoms with Crippen LogP contribution >= 0.6 is 11.3 Å². The number of carbonyl (C=O) groups excluding carboxylic acids is 1. The molecule has 0 bridgehead atoms. The Balaban J connectivity index is 2.47. The summed E-state index contributed by atoms with van der Waals surface area (Å²) < 4.78 is 6.67. The van der Waals surface area contributed by atoms with E-state index in [2.05, 4.69) is 4.98 Å². The number of ether oxygens (including phenoxy) is 1. The van der Waals surface area contributed by atoms with Crippen LogP contribution in [0.2, 0.25) is 0 Å². The average molecular weight is 352 g/mol. The van der Waals surface area contributed by atoms with Crippen LogP contribution in [-0.2, 0) is 16.1 Å². The lowest BCUT2D eigenvalue weighted by Gasteiger charge is -2.08. The molecular formula is C16H20N2O5S. The van der Waals surface area contributed by atoms with Crippen LogP contribution in [0.5, 0.6) is 0 Å². The van der Waals surface area contributed by atoms with E-state index in [1.54, 1.807) is 27.7 Å². The van der Waals surface area contributed by atoms with E-state index in [1.807, 2.05) is 0 Å². The predicted octanol–water partition coefficient (Wildman–Crippen LogP) is 2.50. The quantitative estimate of drug-likeness (QED) is 0.802. The van der Waals surface area contributed by atoms with Crippen molar-refractivity contribution in [2.45, 2.75) is 53.2 Å². The molecule has 24 heavy (non-hydrogen) atoms. The smallest absolute Gasteiger partial charge is 0.348 e. The minimum Gasteiger partial charge on any atom is -0.481 e. The van der Waals surface area contributed by atoms with Crippen molar-refractivity contribution in [3.8, 4) is 0 Å². The molecule has 7 nitrogen and oxygen atoms in total. The second-order valence-electron chi connectivity index (χ2n) is 5.80. The molecule has 2 aromatic heterocycles. The van der Waals surface area contributed by atoms with Crippen LogP contribution in [0.3, 0.4) is 0 Å². The van der Waals surface area contributed by atoms with Gasteiger partial charge in [-0.3, -0.25) is 14.2 Å². The normalized spacial score (nSPS) is 11.2. The fourth-order valence-electron chi connectivity index (χ4n) is 2.43. The van der Waals surface area contributed by atoms with Gasteiger partial charge in [-0.1, -0.05) is 0 Å². The van der Waals surface area contributed by atoms with Crippen molar-refractivity contribution >= 4 is 33.5 Å². The first kappa shape index (κ1) is 18.1. The Kier molecular flexibility index (Phi) is 5.38. The maximum atomic E-state index is 12.7. The molecule has 2 heterocycles. The zero-order valence-corrected chi connectivity index (χ0v) is 14.9. The van der Waals surface area contributed by atoms with Crippen LogP contribution in [-0.4, -0.2) is 32.7 Å². The van der Waals surface area contributed by atoms with Crippen molar-refractivity contribution in [1.82, 2.24) is 9.55 Å². The molecule has 2 rings (SSSR count). The highest BCUT2D eigenvalue weighted by molar-refractivity contribution is 7.20. The van der Waals surface area contributed by atoms with Gasteiger partial charge in [-0.15, -0.1) is 11.3 Å². The fourth-order valence-corrected chi connectivity index (χ4v) is 3.53. The summed E-state index contributed by atoms with van der Waals surface area (Å²) >= 11 is 1.15. The Labute approximate surface area is 142 Å². The zero-order valence-electron chi connectivity index (χ0n) is 14.1. The molecule has 0 amide bonds. The second kappa shape index (κ2) is 7.12. The molecule has 8 heteroatoms. The molecule has 0 spiro atoms. The number of carboxylic acids is 1. The molecular weight excluding hydrogens is 332 g/mol. The zero-order chi connectivity index (χ0) is 18.0. The van der Waals surface area contributed by atoms with Gasteiger partial charge in [0.1, 0.15) is 15.5 Å². The molecule has 1 N–H and O–H groups in total. The number of carbonyl (C=O) groups is 2. The number of nitrogens with zero attached hydrogens (tertiary/aromatic N) is 2. The third-order valence-corrected chi connectivity index (χ3v) is 4.71. The largest absolute Gasteiger partial charge is 0.481 e. The maximum absolute atomic E-state index is 12.7. The molecule has 0 atom stereocenters. The van der Waals surface area contributed by atoms with E-state index in [0.29, 0.717) is 32.9 Å². The number of aromatic nitrogens is 2. The molecule has 2 aromatic rings. The third-order valence-electron chi connectivity index (χ3n) is 3.54. The van der Waals surface area contributed by atoms with E-state index in [-0.39, 0.29) is 24.6 Å². The summed E-state index contributed by atoms with van der Waals surface area (Å²) in [6.45, 7) is 7.20. The SMILES string of the molecule is Cc1c(C(=O)OC(C)C)sc2nc(C)n(CCCC(=O)O)c(=O)c12.